The van der Waals surface area contributed by atoms with E-state index in [2.05, 4.69) is 66.7 Å². The van der Waals surface area contributed by atoms with Crippen molar-refractivity contribution in [2.75, 3.05) is 5.73 Å². The number of aryl methyl sites for hydroxylation is 1. The molecule has 3 aromatic rings. The highest BCUT2D eigenvalue weighted by atomic mass is 16.4. The third kappa shape index (κ3) is 5.33. The molecular weight excluding hydrogens is 446 g/mol. The number of carboxylic acid groups (broad SMARTS) is 1. The van der Waals surface area contributed by atoms with Crippen LogP contribution in [-0.4, -0.2) is 16.2 Å². The SMILES string of the molecule is CCc1cc2c(cc1/C(C)=C/c1ccc(C(=O)O)cc1)C(C)(C)C(C)C2(C)C.Nc1ccc(O)cc1. The van der Waals surface area contributed by atoms with Crippen LogP contribution in [0.15, 0.2) is 60.7 Å². The number of anilines is 1. The van der Waals surface area contributed by atoms with Crippen molar-refractivity contribution in [2.45, 2.75) is 65.7 Å². The Kier molecular flexibility index (Phi) is 7.68. The summed E-state index contributed by atoms with van der Waals surface area (Å²) in [5.41, 5.74) is 14.5. The molecule has 0 spiro atoms. The van der Waals surface area contributed by atoms with Gasteiger partial charge in [0.15, 0.2) is 0 Å². The molecule has 4 heteroatoms. The van der Waals surface area contributed by atoms with Crippen LogP contribution in [0.25, 0.3) is 11.6 Å². The molecular formula is C32H39NO3. The van der Waals surface area contributed by atoms with Gasteiger partial charge in [-0.1, -0.05) is 71.9 Å². The zero-order valence-corrected chi connectivity index (χ0v) is 22.5. The first-order valence-electron chi connectivity index (χ1n) is 12.5. The standard InChI is InChI=1S/C26H32O2.C6H7NO/c1-8-19-14-22-23(26(6,7)17(3)25(22,4)5)15-21(19)16(2)13-18-9-11-20(12-10-18)24(27)28;7-5-1-3-6(8)4-2-5/h9-15,17H,8H2,1-7H3,(H,27,28);1-4,8H,7H2/b16-13+;. The molecule has 0 saturated carbocycles. The van der Waals surface area contributed by atoms with E-state index in [-0.39, 0.29) is 16.6 Å². The fraction of sp³-hybridized carbons (Fsp3) is 0.344. The summed E-state index contributed by atoms with van der Waals surface area (Å²) in [6, 6.07) is 18.3. The molecule has 1 unspecified atom stereocenters. The van der Waals surface area contributed by atoms with Crippen molar-refractivity contribution in [2.24, 2.45) is 5.92 Å². The molecule has 0 amide bonds. The van der Waals surface area contributed by atoms with Gasteiger partial charge in [-0.2, -0.15) is 0 Å². The second-order valence-corrected chi connectivity index (χ2v) is 10.9. The molecule has 0 fully saturated rings. The number of carboxylic acids is 1. The van der Waals surface area contributed by atoms with Crippen LogP contribution < -0.4 is 5.73 Å². The summed E-state index contributed by atoms with van der Waals surface area (Å²) in [5.74, 6) is -0.0693. The Hall–Kier alpha value is -3.53. The molecule has 0 aromatic heterocycles. The zero-order valence-electron chi connectivity index (χ0n) is 22.5. The molecule has 3 aromatic carbocycles. The zero-order chi connectivity index (χ0) is 26.8. The van der Waals surface area contributed by atoms with Crippen molar-refractivity contribution in [3.8, 4) is 5.75 Å². The summed E-state index contributed by atoms with van der Waals surface area (Å²) in [5, 5.41) is 17.8. The van der Waals surface area contributed by atoms with Gasteiger partial charge in [-0.15, -0.1) is 0 Å². The molecule has 4 N–H and O–H groups in total. The highest BCUT2D eigenvalue weighted by molar-refractivity contribution is 5.88. The molecule has 0 radical (unpaired) electrons. The van der Waals surface area contributed by atoms with E-state index in [9.17, 15) is 4.79 Å². The molecule has 0 heterocycles. The van der Waals surface area contributed by atoms with Gasteiger partial charge < -0.3 is 15.9 Å². The predicted octanol–water partition coefficient (Wildman–Crippen LogP) is 7.69. The van der Waals surface area contributed by atoms with Gasteiger partial charge in [-0.05, 0) is 99.9 Å². The Labute approximate surface area is 215 Å². The van der Waals surface area contributed by atoms with Gasteiger partial charge in [0.1, 0.15) is 5.75 Å². The lowest BCUT2D eigenvalue weighted by Crippen LogP contribution is -2.30. The summed E-state index contributed by atoms with van der Waals surface area (Å²) >= 11 is 0. The van der Waals surface area contributed by atoms with E-state index in [1.165, 1.54) is 27.8 Å². The minimum atomic E-state index is -0.891. The van der Waals surface area contributed by atoms with Gasteiger partial charge in [0.05, 0.1) is 5.56 Å². The number of aromatic hydroxyl groups is 1. The van der Waals surface area contributed by atoms with E-state index >= 15 is 0 Å². The van der Waals surface area contributed by atoms with E-state index in [1.807, 2.05) is 12.1 Å². The van der Waals surface area contributed by atoms with E-state index in [0.717, 1.165) is 12.0 Å². The Balaban J connectivity index is 0.000000383. The van der Waals surface area contributed by atoms with Crippen molar-refractivity contribution >= 4 is 23.3 Å². The van der Waals surface area contributed by atoms with Crippen LogP contribution in [0.4, 0.5) is 5.69 Å². The Bertz CT molecular complexity index is 1250. The van der Waals surface area contributed by atoms with Crippen molar-refractivity contribution in [1.82, 2.24) is 0 Å². The predicted molar refractivity (Wildman–Crippen MR) is 151 cm³/mol. The summed E-state index contributed by atoms with van der Waals surface area (Å²) in [7, 11) is 0. The third-order valence-electron chi connectivity index (χ3n) is 8.04. The molecule has 0 aliphatic heterocycles. The first kappa shape index (κ1) is 27.1. The first-order chi connectivity index (χ1) is 16.8. The van der Waals surface area contributed by atoms with Crippen LogP contribution in [0.1, 0.15) is 86.6 Å². The number of fused-ring (bicyclic) bond motifs is 1. The van der Waals surface area contributed by atoms with Gasteiger partial charge in [-0.25, -0.2) is 4.79 Å². The fourth-order valence-corrected chi connectivity index (χ4v) is 5.26. The Morgan fingerprint density at radius 1 is 0.944 bits per heavy atom. The highest BCUT2D eigenvalue weighted by Gasteiger charge is 2.48. The molecule has 1 aliphatic carbocycles. The van der Waals surface area contributed by atoms with Crippen LogP contribution in [0.3, 0.4) is 0 Å². The fourth-order valence-electron chi connectivity index (χ4n) is 5.26. The lowest BCUT2D eigenvalue weighted by molar-refractivity contribution is 0.0697. The number of phenols is 1. The Morgan fingerprint density at radius 3 is 1.94 bits per heavy atom. The average molecular weight is 486 g/mol. The highest BCUT2D eigenvalue weighted by Crippen LogP contribution is 2.54. The number of carbonyl (C=O) groups is 1. The lowest BCUT2D eigenvalue weighted by atomic mass is 9.71. The molecule has 1 aliphatic rings. The maximum absolute atomic E-state index is 11.1. The molecule has 0 saturated heterocycles. The molecule has 4 rings (SSSR count). The van der Waals surface area contributed by atoms with Crippen molar-refractivity contribution < 1.29 is 15.0 Å². The van der Waals surface area contributed by atoms with Gasteiger partial charge in [0.2, 0.25) is 0 Å². The largest absolute Gasteiger partial charge is 0.508 e. The number of allylic oxidation sites excluding steroid dienone is 1. The van der Waals surface area contributed by atoms with Gasteiger partial charge in [-0.3, -0.25) is 0 Å². The lowest BCUT2D eigenvalue weighted by Gasteiger charge is -2.32. The number of nitrogen functional groups attached to an aromatic ring is 1. The quantitative estimate of drug-likeness (QED) is 0.201. The van der Waals surface area contributed by atoms with Crippen LogP contribution >= 0.6 is 0 Å². The number of rotatable bonds is 4. The van der Waals surface area contributed by atoms with Gasteiger partial charge in [0.25, 0.3) is 0 Å². The van der Waals surface area contributed by atoms with Crippen LogP contribution in [0.2, 0.25) is 0 Å². The third-order valence-corrected chi connectivity index (χ3v) is 8.04. The van der Waals surface area contributed by atoms with Crippen molar-refractivity contribution in [1.29, 1.82) is 0 Å². The molecule has 36 heavy (non-hydrogen) atoms. The van der Waals surface area contributed by atoms with Gasteiger partial charge in [0, 0.05) is 5.69 Å². The van der Waals surface area contributed by atoms with E-state index < -0.39 is 5.97 Å². The second-order valence-electron chi connectivity index (χ2n) is 10.9. The minimum Gasteiger partial charge on any atom is -0.508 e. The summed E-state index contributed by atoms with van der Waals surface area (Å²) < 4.78 is 0. The van der Waals surface area contributed by atoms with Crippen molar-refractivity contribution in [3.05, 3.63) is 94.0 Å². The first-order valence-corrected chi connectivity index (χ1v) is 12.5. The second kappa shape index (κ2) is 10.2. The summed E-state index contributed by atoms with van der Waals surface area (Å²) in [6.45, 7) is 16.2. The smallest absolute Gasteiger partial charge is 0.335 e. The van der Waals surface area contributed by atoms with Gasteiger partial charge >= 0.3 is 5.97 Å². The number of hydrogen-bond acceptors (Lipinski definition) is 3. The minimum absolute atomic E-state index is 0.142. The normalized spacial score (nSPS) is 17.6. The summed E-state index contributed by atoms with van der Waals surface area (Å²) in [4.78, 5) is 11.1. The monoisotopic (exact) mass is 485 g/mol. The van der Waals surface area contributed by atoms with Crippen LogP contribution in [-0.2, 0) is 17.3 Å². The van der Waals surface area contributed by atoms with Crippen molar-refractivity contribution in [3.63, 3.8) is 0 Å². The number of nitrogens with two attached hydrogens (primary N) is 1. The molecule has 4 nitrogen and oxygen atoms in total. The molecule has 0 bridgehead atoms. The Morgan fingerprint density at radius 2 is 1.47 bits per heavy atom. The number of aromatic carboxylic acids is 1. The number of phenolic OH excluding ortho intramolecular Hbond substituents is 1. The van der Waals surface area contributed by atoms with E-state index in [1.54, 1.807) is 36.4 Å². The topological polar surface area (TPSA) is 83.5 Å². The number of hydrogen-bond donors (Lipinski definition) is 3. The summed E-state index contributed by atoms with van der Waals surface area (Å²) in [6.07, 6.45) is 3.15. The van der Waals surface area contributed by atoms with E-state index in [0.29, 0.717) is 17.2 Å². The van der Waals surface area contributed by atoms with E-state index in [4.69, 9.17) is 15.9 Å². The van der Waals surface area contributed by atoms with Crippen LogP contribution in [0.5, 0.6) is 5.75 Å². The number of benzene rings is 3. The molecule has 190 valence electrons. The average Bonchev–Trinajstić information content (AvgIpc) is 2.97. The van der Waals surface area contributed by atoms with Crippen LogP contribution in [0, 0.1) is 5.92 Å². The maximum atomic E-state index is 11.1. The molecule has 1 atom stereocenters. The maximum Gasteiger partial charge on any atom is 0.335 e.